The van der Waals surface area contributed by atoms with E-state index < -0.39 is 17.7 Å². The Morgan fingerprint density at radius 3 is 2.74 bits per heavy atom. The first kappa shape index (κ1) is 20.8. The van der Waals surface area contributed by atoms with Crippen LogP contribution in [0.15, 0.2) is 18.5 Å². The van der Waals surface area contributed by atoms with Gasteiger partial charge in [-0.1, -0.05) is 0 Å². The van der Waals surface area contributed by atoms with Crippen molar-refractivity contribution in [3.8, 4) is 0 Å². The minimum absolute atomic E-state index is 0.253. The highest BCUT2D eigenvalue weighted by Gasteiger charge is 2.17. The topological polar surface area (TPSA) is 105 Å². The number of aryl methyl sites for hydroxylation is 1. The van der Waals surface area contributed by atoms with Crippen LogP contribution in [0.1, 0.15) is 48.1 Å². The van der Waals surface area contributed by atoms with Crippen molar-refractivity contribution in [1.82, 2.24) is 14.9 Å². The molecule has 0 bridgehead atoms. The van der Waals surface area contributed by atoms with Gasteiger partial charge >= 0.3 is 12.1 Å². The number of nitrogens with zero attached hydrogens (tertiary/aromatic N) is 2. The number of carboxylic acids is 1. The Balaban J connectivity index is 2.00. The van der Waals surface area contributed by atoms with Crippen LogP contribution in [-0.4, -0.2) is 38.9 Å². The number of carbonyl (C=O) groups excluding carboxylic acids is 1. The molecule has 0 fully saturated rings. The molecule has 2 aromatic rings. The first-order valence-corrected chi connectivity index (χ1v) is 9.58. The molecule has 0 saturated carbocycles. The molecule has 148 valence electrons. The van der Waals surface area contributed by atoms with Crippen LogP contribution in [-0.2, 0) is 24.2 Å². The Morgan fingerprint density at radius 1 is 1.37 bits per heavy atom. The van der Waals surface area contributed by atoms with E-state index in [1.807, 2.05) is 17.7 Å². The van der Waals surface area contributed by atoms with E-state index in [0.717, 1.165) is 22.9 Å². The molecule has 0 unspecified atom stereocenters. The van der Waals surface area contributed by atoms with Gasteiger partial charge in [0.25, 0.3) is 0 Å². The number of rotatable bonds is 8. The molecule has 0 atom stereocenters. The summed E-state index contributed by atoms with van der Waals surface area (Å²) < 4.78 is 7.22. The number of thiophene rings is 1. The molecule has 0 saturated heterocycles. The zero-order valence-corrected chi connectivity index (χ0v) is 16.9. The van der Waals surface area contributed by atoms with Crippen molar-refractivity contribution >= 4 is 29.1 Å². The van der Waals surface area contributed by atoms with Crippen LogP contribution in [0.5, 0.6) is 0 Å². The quantitative estimate of drug-likeness (QED) is 0.634. The van der Waals surface area contributed by atoms with Gasteiger partial charge in [0.15, 0.2) is 0 Å². The van der Waals surface area contributed by atoms with Crippen molar-refractivity contribution < 1.29 is 19.4 Å². The second-order valence-corrected chi connectivity index (χ2v) is 8.05. The van der Waals surface area contributed by atoms with E-state index >= 15 is 0 Å². The third kappa shape index (κ3) is 6.28. The fourth-order valence-electron chi connectivity index (χ4n) is 2.43. The van der Waals surface area contributed by atoms with Gasteiger partial charge in [-0.15, -0.1) is 11.3 Å². The van der Waals surface area contributed by atoms with E-state index in [1.54, 1.807) is 33.0 Å². The molecule has 0 aliphatic rings. The van der Waals surface area contributed by atoms with Gasteiger partial charge in [-0.05, 0) is 33.8 Å². The lowest BCUT2D eigenvalue weighted by Gasteiger charge is -2.19. The molecular formula is C18H26N4O4S. The maximum atomic E-state index is 11.7. The average molecular weight is 394 g/mol. The SMILES string of the molecule is CCn1ccnc1CNc1cc(C(=O)O)sc1CCNC(=O)OC(C)(C)C. The predicted octanol–water partition coefficient (Wildman–Crippen LogP) is 3.34. The monoisotopic (exact) mass is 394 g/mol. The summed E-state index contributed by atoms with van der Waals surface area (Å²) in [5.41, 5.74) is 0.186. The lowest BCUT2D eigenvalue weighted by atomic mass is 10.2. The molecule has 27 heavy (non-hydrogen) atoms. The molecule has 8 nitrogen and oxygen atoms in total. The van der Waals surface area contributed by atoms with Crippen LogP contribution < -0.4 is 10.6 Å². The summed E-state index contributed by atoms with van der Waals surface area (Å²) in [6.07, 6.45) is 3.65. The van der Waals surface area contributed by atoms with Gasteiger partial charge in [0.2, 0.25) is 0 Å². The van der Waals surface area contributed by atoms with E-state index in [1.165, 1.54) is 11.3 Å². The Labute approximate surface area is 162 Å². The minimum atomic E-state index is -0.968. The lowest BCUT2D eigenvalue weighted by molar-refractivity contribution is 0.0528. The molecule has 0 aliphatic heterocycles. The molecular weight excluding hydrogens is 368 g/mol. The van der Waals surface area contributed by atoms with Crippen molar-refractivity contribution in [2.45, 2.75) is 52.8 Å². The van der Waals surface area contributed by atoms with E-state index in [-0.39, 0.29) is 4.88 Å². The lowest BCUT2D eigenvalue weighted by Crippen LogP contribution is -2.33. The van der Waals surface area contributed by atoms with Crippen molar-refractivity contribution in [2.75, 3.05) is 11.9 Å². The molecule has 0 aromatic carbocycles. The second-order valence-electron chi connectivity index (χ2n) is 6.91. The summed E-state index contributed by atoms with van der Waals surface area (Å²) in [5.74, 6) is -0.0946. The third-order valence-electron chi connectivity index (χ3n) is 3.62. The minimum Gasteiger partial charge on any atom is -0.477 e. The number of hydrogen-bond donors (Lipinski definition) is 3. The number of carboxylic acid groups (broad SMARTS) is 1. The highest BCUT2D eigenvalue weighted by Crippen LogP contribution is 2.28. The van der Waals surface area contributed by atoms with Crippen LogP contribution in [0.4, 0.5) is 10.5 Å². The number of nitrogens with one attached hydrogen (secondary N) is 2. The fourth-order valence-corrected chi connectivity index (χ4v) is 3.41. The van der Waals surface area contributed by atoms with Gasteiger partial charge in [0.05, 0.1) is 6.54 Å². The number of aromatic nitrogens is 2. The van der Waals surface area contributed by atoms with Crippen LogP contribution in [0, 0.1) is 0 Å². The summed E-state index contributed by atoms with van der Waals surface area (Å²) in [4.78, 5) is 28.5. The van der Waals surface area contributed by atoms with E-state index in [4.69, 9.17) is 4.74 Å². The summed E-state index contributed by atoms with van der Waals surface area (Å²) in [6.45, 7) is 9.09. The van der Waals surface area contributed by atoms with Crippen LogP contribution in [0.25, 0.3) is 0 Å². The largest absolute Gasteiger partial charge is 0.477 e. The summed E-state index contributed by atoms with van der Waals surface area (Å²) in [6, 6.07) is 1.62. The van der Waals surface area contributed by atoms with E-state index in [9.17, 15) is 14.7 Å². The number of imidazole rings is 1. The molecule has 2 aromatic heterocycles. The van der Waals surface area contributed by atoms with E-state index in [0.29, 0.717) is 19.5 Å². The maximum absolute atomic E-state index is 11.7. The molecule has 0 radical (unpaired) electrons. The predicted molar refractivity (Wildman–Crippen MR) is 104 cm³/mol. The zero-order chi connectivity index (χ0) is 20.0. The van der Waals surface area contributed by atoms with Gasteiger partial charge in [0, 0.05) is 42.5 Å². The smallest absolute Gasteiger partial charge is 0.407 e. The third-order valence-corrected chi connectivity index (χ3v) is 4.80. The van der Waals surface area contributed by atoms with Crippen LogP contribution in [0.3, 0.4) is 0 Å². The molecule has 1 amide bonds. The van der Waals surface area contributed by atoms with Crippen LogP contribution >= 0.6 is 11.3 Å². The number of anilines is 1. The molecule has 9 heteroatoms. The number of carbonyl (C=O) groups is 2. The maximum Gasteiger partial charge on any atom is 0.407 e. The normalized spacial score (nSPS) is 11.3. The molecule has 0 spiro atoms. The number of amides is 1. The zero-order valence-electron chi connectivity index (χ0n) is 16.0. The van der Waals surface area contributed by atoms with Gasteiger partial charge < -0.3 is 25.0 Å². The van der Waals surface area contributed by atoms with Crippen molar-refractivity contribution in [3.05, 3.63) is 34.0 Å². The van der Waals surface area contributed by atoms with Crippen molar-refractivity contribution in [3.63, 3.8) is 0 Å². The second kappa shape index (κ2) is 8.90. The fraction of sp³-hybridized carbons (Fsp3) is 0.500. The summed E-state index contributed by atoms with van der Waals surface area (Å²) in [5, 5.41) is 15.2. The Morgan fingerprint density at radius 2 is 2.11 bits per heavy atom. The number of alkyl carbamates (subject to hydrolysis) is 1. The molecule has 2 heterocycles. The Hall–Kier alpha value is -2.55. The summed E-state index contributed by atoms with van der Waals surface area (Å²) >= 11 is 1.20. The standard InChI is InChI=1S/C18H26N4O4S/c1-5-22-9-8-19-15(22)11-21-12-10-14(16(23)24)27-13(12)6-7-20-17(25)26-18(2,3)4/h8-10,21H,5-7,11H2,1-4H3,(H,20,25)(H,23,24). The Kier molecular flexibility index (Phi) is 6.84. The summed E-state index contributed by atoms with van der Waals surface area (Å²) in [7, 11) is 0. The molecule has 0 aliphatic carbocycles. The first-order valence-electron chi connectivity index (χ1n) is 8.76. The van der Waals surface area contributed by atoms with Gasteiger partial charge in [-0.2, -0.15) is 0 Å². The number of ether oxygens (including phenoxy) is 1. The van der Waals surface area contributed by atoms with Gasteiger partial charge in [-0.25, -0.2) is 14.6 Å². The van der Waals surface area contributed by atoms with E-state index in [2.05, 4.69) is 15.6 Å². The molecule has 3 N–H and O–H groups in total. The Bertz CT molecular complexity index is 792. The highest BCUT2D eigenvalue weighted by atomic mass is 32.1. The number of hydrogen-bond acceptors (Lipinski definition) is 6. The number of aromatic carboxylic acids is 1. The molecule has 2 rings (SSSR count). The highest BCUT2D eigenvalue weighted by molar-refractivity contribution is 7.14. The van der Waals surface area contributed by atoms with Crippen molar-refractivity contribution in [1.29, 1.82) is 0 Å². The average Bonchev–Trinajstić information content (AvgIpc) is 3.17. The first-order chi connectivity index (χ1) is 12.7. The van der Waals surface area contributed by atoms with Crippen molar-refractivity contribution in [2.24, 2.45) is 0 Å². The van der Waals surface area contributed by atoms with Crippen LogP contribution in [0.2, 0.25) is 0 Å². The van der Waals surface area contributed by atoms with Gasteiger partial charge in [-0.3, -0.25) is 0 Å². The van der Waals surface area contributed by atoms with Gasteiger partial charge in [0.1, 0.15) is 16.3 Å².